The van der Waals surface area contributed by atoms with Gasteiger partial charge in [-0.15, -0.1) is 0 Å². The number of carbonyl (C=O) groups excluding carboxylic acids is 2. The van der Waals surface area contributed by atoms with Gasteiger partial charge in [0, 0.05) is 0 Å². The highest BCUT2D eigenvalue weighted by atomic mass is 32.2. The fraction of sp³-hybridized carbons (Fsp3) is 0.448. The summed E-state index contributed by atoms with van der Waals surface area (Å²) in [6, 6.07) is 42.8. The van der Waals surface area contributed by atoms with Crippen molar-refractivity contribution in [1.82, 2.24) is 0 Å². The number of hydrogen-bond donors (Lipinski definition) is 0. The largest absolute Gasteiger partial charge is 0.489 e. The number of esters is 2. The van der Waals surface area contributed by atoms with Crippen molar-refractivity contribution in [3.63, 3.8) is 0 Å². The summed E-state index contributed by atoms with van der Waals surface area (Å²) < 4.78 is 36.6. The first-order valence-corrected chi connectivity index (χ1v) is 26.0. The molecule has 0 unspecified atom stereocenters. The highest BCUT2D eigenvalue weighted by Gasteiger charge is 2.58. The summed E-state index contributed by atoms with van der Waals surface area (Å²) in [5.41, 5.74) is 1.32. The molecule has 8 bridgehead atoms. The third kappa shape index (κ3) is 9.42. The predicted molar refractivity (Wildman–Crippen MR) is 257 cm³/mol. The maximum Gasteiger partial charge on any atom is 0.344 e. The zero-order valence-corrected chi connectivity index (χ0v) is 39.6. The van der Waals surface area contributed by atoms with E-state index in [4.69, 9.17) is 28.4 Å². The molecular formula is C58H63O8S+. The Bertz CT molecular complexity index is 2290. The highest BCUT2D eigenvalue weighted by molar-refractivity contribution is 7.97. The van der Waals surface area contributed by atoms with Crippen LogP contribution in [0.5, 0.6) is 23.0 Å². The van der Waals surface area contributed by atoms with E-state index in [-0.39, 0.29) is 47.2 Å². The van der Waals surface area contributed by atoms with Crippen molar-refractivity contribution >= 4 is 22.8 Å². The van der Waals surface area contributed by atoms with Gasteiger partial charge in [-0.25, -0.2) is 9.59 Å². The molecule has 8 aliphatic rings. The molecule has 8 fully saturated rings. The molecule has 0 radical (unpaired) electrons. The number of benzene rings is 5. The van der Waals surface area contributed by atoms with Crippen LogP contribution in [-0.2, 0) is 43.2 Å². The smallest absolute Gasteiger partial charge is 0.344 e. The zero-order chi connectivity index (χ0) is 45.5. The molecule has 0 aliphatic heterocycles. The maximum absolute atomic E-state index is 13.0. The molecule has 0 amide bonds. The minimum atomic E-state index is -0.348. The fourth-order valence-corrected chi connectivity index (χ4v) is 15.5. The Morgan fingerprint density at radius 1 is 0.418 bits per heavy atom. The van der Waals surface area contributed by atoms with E-state index in [9.17, 15) is 9.59 Å². The van der Waals surface area contributed by atoms with Crippen LogP contribution in [0.2, 0.25) is 0 Å². The Hall–Kier alpha value is -5.41. The van der Waals surface area contributed by atoms with Gasteiger partial charge in [-0.3, -0.25) is 0 Å². The van der Waals surface area contributed by atoms with Crippen LogP contribution < -0.4 is 18.9 Å². The van der Waals surface area contributed by atoms with E-state index in [1.165, 1.54) is 78.9 Å². The summed E-state index contributed by atoms with van der Waals surface area (Å²) in [6.07, 6.45) is 12.3. The third-order valence-electron chi connectivity index (χ3n) is 16.7. The van der Waals surface area contributed by atoms with Crippen LogP contribution in [0.3, 0.4) is 0 Å². The lowest BCUT2D eigenvalue weighted by Crippen LogP contribution is -2.58. The third-order valence-corrected chi connectivity index (χ3v) is 18.9. The molecular weight excluding hydrogens is 857 g/mol. The molecule has 348 valence electrons. The zero-order valence-electron chi connectivity index (χ0n) is 38.8. The van der Waals surface area contributed by atoms with Gasteiger partial charge in [0.25, 0.3) is 0 Å². The van der Waals surface area contributed by atoms with Gasteiger partial charge in [0.2, 0.25) is 0 Å². The van der Waals surface area contributed by atoms with Gasteiger partial charge in [0.05, 0.1) is 10.9 Å². The minimum absolute atomic E-state index is 0.0815. The molecule has 0 atom stereocenters. The first kappa shape index (κ1) is 44.1. The van der Waals surface area contributed by atoms with E-state index in [0.29, 0.717) is 48.4 Å². The van der Waals surface area contributed by atoms with Crippen molar-refractivity contribution in [3.8, 4) is 23.0 Å². The molecule has 0 saturated heterocycles. The summed E-state index contributed by atoms with van der Waals surface area (Å²) in [5, 5.41) is 0. The van der Waals surface area contributed by atoms with Crippen molar-refractivity contribution in [2.45, 2.75) is 117 Å². The van der Waals surface area contributed by atoms with Crippen molar-refractivity contribution in [1.29, 1.82) is 0 Å². The Morgan fingerprint density at radius 3 is 1.09 bits per heavy atom. The highest BCUT2D eigenvalue weighted by Crippen LogP contribution is 2.60. The van der Waals surface area contributed by atoms with E-state index >= 15 is 0 Å². The van der Waals surface area contributed by atoms with Crippen molar-refractivity contribution in [2.24, 2.45) is 47.3 Å². The van der Waals surface area contributed by atoms with Gasteiger partial charge < -0.3 is 28.4 Å². The van der Waals surface area contributed by atoms with Gasteiger partial charge in [-0.1, -0.05) is 42.5 Å². The molecule has 0 aromatic heterocycles. The lowest BCUT2D eigenvalue weighted by atomic mass is 9.50. The van der Waals surface area contributed by atoms with Crippen LogP contribution in [0.25, 0.3) is 0 Å². The molecule has 9 heteroatoms. The van der Waals surface area contributed by atoms with E-state index in [1.54, 1.807) is 0 Å². The summed E-state index contributed by atoms with van der Waals surface area (Å²) in [7, 11) is -0.344. The Balaban J connectivity index is 0.645. The SMILES string of the molecule is CC1(OC(=O)COc2ccc(COc3ccc([S+](c4ccccc4)c4ccc(OCc5ccc(OCC(=O)OC6(C)C7CC8CC(C7)CC6C8)cc5)cc4)cc3)cc2)C2CC3CC(C2)CC1C3. The van der Waals surface area contributed by atoms with Gasteiger partial charge in [-0.05, 0) is 221 Å². The summed E-state index contributed by atoms with van der Waals surface area (Å²) in [6.45, 7) is 4.99. The lowest BCUT2D eigenvalue weighted by molar-refractivity contribution is -0.205. The first-order valence-electron chi connectivity index (χ1n) is 24.7. The average molecular weight is 920 g/mol. The average Bonchev–Trinajstić information content (AvgIpc) is 3.34. The quantitative estimate of drug-likeness (QED) is 0.0673. The van der Waals surface area contributed by atoms with Crippen molar-refractivity contribution < 1.29 is 38.0 Å². The lowest BCUT2D eigenvalue weighted by Gasteiger charge is -2.59. The Kier molecular flexibility index (Phi) is 12.2. The van der Waals surface area contributed by atoms with Crippen LogP contribution in [0.1, 0.15) is 89.2 Å². The van der Waals surface area contributed by atoms with Crippen molar-refractivity contribution in [3.05, 3.63) is 139 Å². The number of hydrogen-bond acceptors (Lipinski definition) is 8. The van der Waals surface area contributed by atoms with Crippen LogP contribution in [-0.4, -0.2) is 36.4 Å². The molecule has 0 spiro atoms. The number of rotatable bonds is 17. The normalized spacial score (nSPS) is 30.1. The molecule has 8 saturated carbocycles. The minimum Gasteiger partial charge on any atom is -0.489 e. The molecule has 0 heterocycles. The van der Waals surface area contributed by atoms with Gasteiger partial charge in [0.1, 0.15) is 47.4 Å². The molecule has 5 aromatic carbocycles. The second-order valence-corrected chi connectivity index (χ2v) is 23.0. The predicted octanol–water partition coefficient (Wildman–Crippen LogP) is 12.2. The van der Waals surface area contributed by atoms with Crippen LogP contribution >= 0.6 is 0 Å². The maximum atomic E-state index is 13.0. The molecule has 13 rings (SSSR count). The molecule has 5 aromatic rings. The van der Waals surface area contributed by atoms with E-state index < -0.39 is 0 Å². The number of ether oxygens (including phenoxy) is 6. The second kappa shape index (κ2) is 18.6. The number of carbonyl (C=O) groups is 2. The van der Waals surface area contributed by atoms with Crippen LogP contribution in [0.4, 0.5) is 0 Å². The molecule has 67 heavy (non-hydrogen) atoms. The van der Waals surface area contributed by atoms with Gasteiger partial charge >= 0.3 is 11.9 Å². The van der Waals surface area contributed by atoms with E-state index in [2.05, 4.69) is 62.4 Å². The molecule has 8 aliphatic carbocycles. The summed E-state index contributed by atoms with van der Waals surface area (Å²) in [5.74, 6) is 7.58. The Labute approximate surface area is 398 Å². The van der Waals surface area contributed by atoms with E-state index in [1.807, 2.05) is 78.9 Å². The van der Waals surface area contributed by atoms with Crippen LogP contribution in [0.15, 0.2) is 142 Å². The summed E-state index contributed by atoms with van der Waals surface area (Å²) >= 11 is 0. The molecule has 8 nitrogen and oxygen atoms in total. The summed E-state index contributed by atoms with van der Waals surface area (Å²) in [4.78, 5) is 29.5. The first-order chi connectivity index (χ1) is 32.6. The van der Waals surface area contributed by atoms with Gasteiger partial charge in [0.15, 0.2) is 27.9 Å². The fourth-order valence-electron chi connectivity index (χ4n) is 13.4. The topological polar surface area (TPSA) is 89.5 Å². The van der Waals surface area contributed by atoms with E-state index in [0.717, 1.165) is 46.3 Å². The van der Waals surface area contributed by atoms with Crippen LogP contribution in [0, 0.1) is 47.3 Å². The standard InChI is InChI=1S/C58H63O8S/c1-57(44-26-40-24-41(28-44)29-45(57)27-40)65-55(59)36-63-48-12-8-38(9-13-48)34-61-50-16-20-53(21-17-50)67(52-6-4-3-5-7-52)54-22-18-51(19-23-54)62-35-39-10-14-49(15-11-39)64-37-56(60)66-58(2)46-30-42-25-43(32-46)33-47(58)31-42/h3-23,40-47H,24-37H2,1-2H3/q+1. The second-order valence-electron chi connectivity index (χ2n) is 20.9. The Morgan fingerprint density at radius 2 is 0.731 bits per heavy atom. The molecule has 0 N–H and O–H groups in total. The van der Waals surface area contributed by atoms with Crippen molar-refractivity contribution in [2.75, 3.05) is 13.2 Å². The monoisotopic (exact) mass is 919 g/mol. The van der Waals surface area contributed by atoms with Gasteiger partial charge in [-0.2, -0.15) is 0 Å².